The van der Waals surface area contributed by atoms with Crippen molar-refractivity contribution >= 4 is 11.6 Å². The van der Waals surface area contributed by atoms with E-state index in [-0.39, 0.29) is 5.56 Å². The summed E-state index contributed by atoms with van der Waals surface area (Å²) in [6.07, 6.45) is 0. The predicted molar refractivity (Wildman–Crippen MR) is 60.5 cm³/mol. The zero-order chi connectivity index (χ0) is 12.4. The molecule has 0 heterocycles. The highest BCUT2D eigenvalue weighted by atomic mass is 35.5. The largest absolute Gasteiger partial charge is 0.207 e. The van der Waals surface area contributed by atoms with E-state index in [1.165, 1.54) is 30.3 Å². The monoisotopic (exact) mass is 256 g/mol. The molecule has 0 aliphatic carbocycles. The number of hydrogen-bond acceptors (Lipinski definition) is 0. The van der Waals surface area contributed by atoms with Crippen molar-refractivity contribution in [2.24, 2.45) is 0 Å². The highest BCUT2D eigenvalue weighted by molar-refractivity contribution is 6.22. The van der Waals surface area contributed by atoms with E-state index in [1.54, 1.807) is 0 Å². The van der Waals surface area contributed by atoms with Crippen LogP contribution in [0.5, 0.6) is 0 Å². The molecule has 0 aliphatic heterocycles. The molecule has 0 aromatic heterocycles. The van der Waals surface area contributed by atoms with Gasteiger partial charge in [-0.25, -0.2) is 13.2 Å². The third-order valence-electron chi connectivity index (χ3n) is 2.42. The lowest BCUT2D eigenvalue weighted by Crippen LogP contribution is -2.00. The smallest absolute Gasteiger partial charge is 0.131 e. The number of alkyl halides is 1. The molecule has 1 atom stereocenters. The van der Waals surface area contributed by atoms with Gasteiger partial charge in [0.2, 0.25) is 0 Å². The van der Waals surface area contributed by atoms with Crippen LogP contribution in [0, 0.1) is 17.5 Å². The summed E-state index contributed by atoms with van der Waals surface area (Å²) in [6, 6.07) is 8.74. The van der Waals surface area contributed by atoms with E-state index in [4.69, 9.17) is 11.6 Å². The summed E-state index contributed by atoms with van der Waals surface area (Å²) in [5.74, 6) is -1.85. The minimum absolute atomic E-state index is 0.222. The second-order valence-electron chi connectivity index (χ2n) is 3.55. The van der Waals surface area contributed by atoms with Crippen molar-refractivity contribution in [2.45, 2.75) is 5.38 Å². The van der Waals surface area contributed by atoms with Crippen molar-refractivity contribution in [3.05, 3.63) is 71.0 Å². The Kier molecular flexibility index (Phi) is 3.38. The first-order valence-electron chi connectivity index (χ1n) is 4.93. The molecule has 4 heteroatoms. The van der Waals surface area contributed by atoms with Gasteiger partial charge in [-0.3, -0.25) is 0 Å². The SMILES string of the molecule is Fc1ccc(C(Cl)c2c(F)cccc2F)cc1. The molecule has 0 aliphatic rings. The maximum Gasteiger partial charge on any atom is 0.131 e. The normalized spacial score (nSPS) is 12.5. The highest BCUT2D eigenvalue weighted by Gasteiger charge is 2.19. The molecule has 0 N–H and O–H groups in total. The molecule has 0 fully saturated rings. The lowest BCUT2D eigenvalue weighted by Gasteiger charge is -2.12. The van der Waals surface area contributed by atoms with Crippen LogP contribution in [0.4, 0.5) is 13.2 Å². The van der Waals surface area contributed by atoms with E-state index in [0.717, 1.165) is 12.1 Å². The molecule has 1 unspecified atom stereocenters. The fraction of sp³-hybridized carbons (Fsp3) is 0.0769. The Balaban J connectivity index is 2.43. The van der Waals surface area contributed by atoms with E-state index in [1.807, 2.05) is 0 Å². The molecule has 2 aromatic carbocycles. The average molecular weight is 257 g/mol. The van der Waals surface area contributed by atoms with Gasteiger partial charge < -0.3 is 0 Å². The van der Waals surface area contributed by atoms with Gasteiger partial charge in [0.05, 0.1) is 5.38 Å². The molecule has 0 amide bonds. The Morgan fingerprint density at radius 3 is 1.88 bits per heavy atom. The standard InChI is InChI=1S/C13H8ClF3/c14-13(8-4-6-9(15)7-5-8)12-10(16)2-1-3-11(12)17/h1-7,13H. The third-order valence-corrected chi connectivity index (χ3v) is 2.89. The minimum atomic E-state index is -0.975. The summed E-state index contributed by atoms with van der Waals surface area (Å²) in [5.41, 5.74) is 0.220. The van der Waals surface area contributed by atoms with Gasteiger partial charge in [-0.1, -0.05) is 18.2 Å². The van der Waals surface area contributed by atoms with Gasteiger partial charge in [0.1, 0.15) is 17.5 Å². The van der Waals surface area contributed by atoms with Crippen LogP contribution >= 0.6 is 11.6 Å². The molecule has 2 aromatic rings. The second-order valence-corrected chi connectivity index (χ2v) is 3.99. The average Bonchev–Trinajstić information content (AvgIpc) is 2.29. The molecule has 0 nitrogen and oxygen atoms in total. The van der Waals surface area contributed by atoms with Gasteiger partial charge in [0.25, 0.3) is 0 Å². The van der Waals surface area contributed by atoms with E-state index in [2.05, 4.69) is 0 Å². The summed E-state index contributed by atoms with van der Waals surface area (Å²) < 4.78 is 39.7. The van der Waals surface area contributed by atoms with Crippen molar-refractivity contribution in [1.82, 2.24) is 0 Å². The summed E-state index contributed by atoms with van der Waals surface area (Å²) in [6.45, 7) is 0. The topological polar surface area (TPSA) is 0 Å². The molecular formula is C13H8ClF3. The van der Waals surface area contributed by atoms with E-state index < -0.39 is 22.8 Å². The Bertz CT molecular complexity index is 502. The maximum absolute atomic E-state index is 13.5. The molecule has 17 heavy (non-hydrogen) atoms. The summed E-state index contributed by atoms with van der Waals surface area (Å²) in [7, 11) is 0. The Labute approximate surface area is 102 Å². The Morgan fingerprint density at radius 1 is 0.824 bits per heavy atom. The molecule has 0 saturated carbocycles. The quantitative estimate of drug-likeness (QED) is 0.697. The van der Waals surface area contributed by atoms with Gasteiger partial charge in [0.15, 0.2) is 0 Å². The van der Waals surface area contributed by atoms with Crippen molar-refractivity contribution < 1.29 is 13.2 Å². The van der Waals surface area contributed by atoms with Crippen LogP contribution in [0.15, 0.2) is 42.5 Å². The first-order chi connectivity index (χ1) is 8.09. The van der Waals surface area contributed by atoms with Crippen molar-refractivity contribution in [2.75, 3.05) is 0 Å². The van der Waals surface area contributed by atoms with Crippen LogP contribution in [0.25, 0.3) is 0 Å². The van der Waals surface area contributed by atoms with Gasteiger partial charge in [-0.2, -0.15) is 0 Å². The number of rotatable bonds is 2. The first-order valence-corrected chi connectivity index (χ1v) is 5.36. The Hall–Kier alpha value is -1.48. The lowest BCUT2D eigenvalue weighted by atomic mass is 10.0. The molecule has 0 bridgehead atoms. The first kappa shape index (κ1) is 12.0. The van der Waals surface area contributed by atoms with Crippen LogP contribution in [-0.4, -0.2) is 0 Å². The second kappa shape index (κ2) is 4.80. The van der Waals surface area contributed by atoms with Crippen LogP contribution in [0.2, 0.25) is 0 Å². The fourth-order valence-corrected chi connectivity index (χ4v) is 1.91. The van der Waals surface area contributed by atoms with E-state index in [0.29, 0.717) is 5.56 Å². The summed E-state index contributed by atoms with van der Waals surface area (Å²) in [5, 5.41) is -0.975. The van der Waals surface area contributed by atoms with E-state index >= 15 is 0 Å². The van der Waals surface area contributed by atoms with Crippen molar-refractivity contribution in [1.29, 1.82) is 0 Å². The van der Waals surface area contributed by atoms with E-state index in [9.17, 15) is 13.2 Å². The molecular weight excluding hydrogens is 249 g/mol. The van der Waals surface area contributed by atoms with Gasteiger partial charge in [0, 0.05) is 5.56 Å². The van der Waals surface area contributed by atoms with Gasteiger partial charge in [-0.15, -0.1) is 11.6 Å². The summed E-state index contributed by atoms with van der Waals surface area (Å²) in [4.78, 5) is 0. The predicted octanol–water partition coefficient (Wildman–Crippen LogP) is 4.43. The number of benzene rings is 2. The van der Waals surface area contributed by atoms with Crippen LogP contribution < -0.4 is 0 Å². The lowest BCUT2D eigenvalue weighted by molar-refractivity contribution is 0.559. The zero-order valence-electron chi connectivity index (χ0n) is 8.63. The van der Waals surface area contributed by atoms with Crippen molar-refractivity contribution in [3.8, 4) is 0 Å². The van der Waals surface area contributed by atoms with Gasteiger partial charge in [-0.05, 0) is 29.8 Å². The highest BCUT2D eigenvalue weighted by Crippen LogP contribution is 2.32. The Morgan fingerprint density at radius 2 is 1.35 bits per heavy atom. The minimum Gasteiger partial charge on any atom is -0.207 e. The van der Waals surface area contributed by atoms with Crippen LogP contribution in [0.1, 0.15) is 16.5 Å². The molecule has 0 radical (unpaired) electrons. The number of hydrogen-bond donors (Lipinski definition) is 0. The van der Waals surface area contributed by atoms with Crippen molar-refractivity contribution in [3.63, 3.8) is 0 Å². The summed E-state index contributed by atoms with van der Waals surface area (Å²) >= 11 is 5.99. The van der Waals surface area contributed by atoms with Crippen LogP contribution in [0.3, 0.4) is 0 Å². The molecule has 88 valence electrons. The third kappa shape index (κ3) is 2.44. The molecule has 0 saturated heterocycles. The molecule has 2 rings (SSSR count). The maximum atomic E-state index is 13.5. The molecule has 0 spiro atoms. The zero-order valence-corrected chi connectivity index (χ0v) is 9.39. The van der Waals surface area contributed by atoms with Gasteiger partial charge >= 0.3 is 0 Å². The van der Waals surface area contributed by atoms with Crippen LogP contribution in [-0.2, 0) is 0 Å². The number of halogens is 4. The fourth-order valence-electron chi connectivity index (χ4n) is 1.55.